The Morgan fingerprint density at radius 2 is 1.69 bits per heavy atom. The highest BCUT2D eigenvalue weighted by Crippen LogP contribution is 2.46. The van der Waals surface area contributed by atoms with Crippen molar-refractivity contribution in [2.45, 2.75) is 32.1 Å². The van der Waals surface area contributed by atoms with E-state index in [0.29, 0.717) is 39.3 Å². The summed E-state index contributed by atoms with van der Waals surface area (Å²) in [6, 6.07) is 9.33. The predicted molar refractivity (Wildman–Crippen MR) is 109 cm³/mol. The Morgan fingerprint density at radius 1 is 1.03 bits per heavy atom. The Kier molecular flexibility index (Phi) is 5.59. The van der Waals surface area contributed by atoms with Crippen LogP contribution in [0.5, 0.6) is 0 Å². The number of nitrogens with zero attached hydrogens (tertiary/aromatic N) is 2. The van der Waals surface area contributed by atoms with Crippen molar-refractivity contribution in [3.63, 3.8) is 0 Å². The summed E-state index contributed by atoms with van der Waals surface area (Å²) in [5, 5.41) is 1.25. The first kappa shape index (κ1) is 20.3. The van der Waals surface area contributed by atoms with Crippen LogP contribution in [0.2, 0.25) is 0 Å². The SMILES string of the molecule is O=C1CC2(CCCC2)C(=O)N1C[NH+]1CCN(S(=O)(=O)/C=C/c2ccccc2)CC1. The molecule has 2 heterocycles. The minimum Gasteiger partial charge on any atom is -0.315 e. The number of sulfonamides is 1. The van der Waals surface area contributed by atoms with Crippen molar-refractivity contribution in [3.05, 3.63) is 41.3 Å². The van der Waals surface area contributed by atoms with Crippen molar-refractivity contribution < 1.29 is 22.9 Å². The van der Waals surface area contributed by atoms with Gasteiger partial charge < -0.3 is 4.90 Å². The van der Waals surface area contributed by atoms with Gasteiger partial charge in [0.1, 0.15) is 0 Å². The van der Waals surface area contributed by atoms with E-state index in [4.69, 9.17) is 0 Å². The van der Waals surface area contributed by atoms with Crippen molar-refractivity contribution in [2.75, 3.05) is 32.8 Å². The van der Waals surface area contributed by atoms with E-state index in [0.717, 1.165) is 36.1 Å². The molecule has 7 nitrogen and oxygen atoms in total. The molecule has 1 spiro atoms. The van der Waals surface area contributed by atoms with E-state index in [2.05, 4.69) is 0 Å². The number of carbonyl (C=O) groups excluding carboxylic acids is 2. The lowest BCUT2D eigenvalue weighted by molar-refractivity contribution is -0.910. The van der Waals surface area contributed by atoms with E-state index in [-0.39, 0.29) is 11.8 Å². The topological polar surface area (TPSA) is 79.2 Å². The first-order chi connectivity index (χ1) is 13.9. The molecule has 2 amide bonds. The van der Waals surface area contributed by atoms with E-state index in [1.54, 1.807) is 6.08 Å². The van der Waals surface area contributed by atoms with Gasteiger partial charge in [-0.1, -0.05) is 43.2 Å². The lowest BCUT2D eigenvalue weighted by Gasteiger charge is -2.32. The second-order valence-corrected chi connectivity index (χ2v) is 10.2. The monoisotopic (exact) mass is 418 g/mol. The van der Waals surface area contributed by atoms with E-state index in [1.165, 1.54) is 14.6 Å². The molecular weight excluding hydrogens is 390 g/mol. The van der Waals surface area contributed by atoms with E-state index < -0.39 is 15.4 Å². The van der Waals surface area contributed by atoms with Gasteiger partial charge in [0, 0.05) is 11.8 Å². The highest BCUT2D eigenvalue weighted by molar-refractivity contribution is 7.92. The van der Waals surface area contributed by atoms with Crippen molar-refractivity contribution >= 4 is 27.9 Å². The minimum atomic E-state index is -3.48. The van der Waals surface area contributed by atoms with Crippen LogP contribution in [0.25, 0.3) is 6.08 Å². The molecule has 2 aliphatic heterocycles. The first-order valence-electron chi connectivity index (χ1n) is 10.3. The standard InChI is InChI=1S/C21H27N3O4S/c25-19-16-21(9-4-5-10-21)20(26)24(19)17-22-11-13-23(14-12-22)29(27,28)15-8-18-6-2-1-3-7-18/h1-3,6-8,15H,4-5,9-14,16-17H2/p+1/b15-8+. The van der Waals surface area contributed by atoms with Gasteiger partial charge in [0.15, 0.2) is 6.67 Å². The highest BCUT2D eigenvalue weighted by atomic mass is 32.2. The lowest BCUT2D eigenvalue weighted by Crippen LogP contribution is -3.16. The molecule has 156 valence electrons. The van der Waals surface area contributed by atoms with Crippen LogP contribution in [0.15, 0.2) is 35.7 Å². The van der Waals surface area contributed by atoms with E-state index >= 15 is 0 Å². The molecule has 1 aromatic carbocycles. The van der Waals surface area contributed by atoms with Crippen LogP contribution < -0.4 is 4.90 Å². The predicted octanol–water partition coefficient (Wildman–Crippen LogP) is 0.464. The average molecular weight is 419 g/mol. The molecule has 29 heavy (non-hydrogen) atoms. The number of rotatable bonds is 5. The molecule has 1 N–H and O–H groups in total. The summed E-state index contributed by atoms with van der Waals surface area (Å²) in [6.45, 7) is 2.30. The number of hydrogen-bond acceptors (Lipinski definition) is 4. The molecular formula is C21H28N3O4S+. The summed E-state index contributed by atoms with van der Waals surface area (Å²) < 4.78 is 26.7. The number of amides is 2. The number of imide groups is 1. The van der Waals surface area contributed by atoms with Crippen LogP contribution >= 0.6 is 0 Å². The van der Waals surface area contributed by atoms with E-state index in [9.17, 15) is 18.0 Å². The molecule has 1 saturated carbocycles. The summed E-state index contributed by atoms with van der Waals surface area (Å²) in [4.78, 5) is 27.8. The zero-order valence-corrected chi connectivity index (χ0v) is 17.4. The van der Waals surface area contributed by atoms with Crippen molar-refractivity contribution in [3.8, 4) is 0 Å². The van der Waals surface area contributed by atoms with Gasteiger partial charge >= 0.3 is 0 Å². The molecule has 1 aromatic rings. The molecule has 1 aliphatic carbocycles. The zero-order chi connectivity index (χ0) is 20.5. The Bertz CT molecular complexity index is 899. The third-order valence-corrected chi connectivity index (χ3v) is 8.02. The van der Waals surface area contributed by atoms with Crippen LogP contribution in [0.1, 0.15) is 37.7 Å². The summed E-state index contributed by atoms with van der Waals surface area (Å²) >= 11 is 0. The number of piperazine rings is 1. The number of nitrogens with one attached hydrogen (secondary N) is 1. The van der Waals surface area contributed by atoms with Crippen molar-refractivity contribution in [1.29, 1.82) is 0 Å². The summed E-state index contributed by atoms with van der Waals surface area (Å²) in [7, 11) is -3.48. The van der Waals surface area contributed by atoms with Crippen LogP contribution in [-0.4, -0.2) is 62.3 Å². The number of hydrogen-bond donors (Lipinski definition) is 1. The van der Waals surface area contributed by atoms with Gasteiger partial charge in [-0.2, -0.15) is 4.31 Å². The van der Waals surface area contributed by atoms with Gasteiger partial charge in [-0.15, -0.1) is 0 Å². The zero-order valence-electron chi connectivity index (χ0n) is 16.5. The van der Waals surface area contributed by atoms with Gasteiger partial charge in [0.2, 0.25) is 21.8 Å². The first-order valence-corrected chi connectivity index (χ1v) is 11.8. The Hall–Kier alpha value is -2.03. The van der Waals surface area contributed by atoms with Crippen LogP contribution in [0.3, 0.4) is 0 Å². The van der Waals surface area contributed by atoms with E-state index in [1.807, 2.05) is 30.3 Å². The fourth-order valence-electron chi connectivity index (χ4n) is 4.72. The van der Waals surface area contributed by atoms with Gasteiger partial charge in [0.25, 0.3) is 0 Å². The molecule has 4 rings (SSSR count). The normalized spacial score (nSPS) is 23.7. The molecule has 2 saturated heterocycles. The largest absolute Gasteiger partial charge is 0.315 e. The van der Waals surface area contributed by atoms with Crippen LogP contribution in [-0.2, 0) is 19.6 Å². The average Bonchev–Trinajstić information content (AvgIpc) is 3.28. The minimum absolute atomic E-state index is 0.00616. The fraction of sp³-hybridized carbons (Fsp3) is 0.524. The maximum Gasteiger partial charge on any atom is 0.240 e. The third-order valence-electron chi connectivity index (χ3n) is 6.45. The number of quaternary nitrogens is 1. The quantitative estimate of drug-likeness (QED) is 0.705. The number of benzene rings is 1. The molecule has 8 heteroatoms. The lowest BCUT2D eigenvalue weighted by atomic mass is 9.85. The van der Waals surface area contributed by atoms with Crippen molar-refractivity contribution in [2.24, 2.45) is 5.41 Å². The molecule has 3 aliphatic rings. The van der Waals surface area contributed by atoms with Gasteiger partial charge in [-0.25, -0.2) is 13.3 Å². The smallest absolute Gasteiger partial charge is 0.240 e. The Morgan fingerprint density at radius 3 is 2.34 bits per heavy atom. The second-order valence-electron chi connectivity index (χ2n) is 8.36. The second kappa shape index (κ2) is 8.01. The van der Waals surface area contributed by atoms with Gasteiger partial charge in [-0.05, 0) is 24.5 Å². The maximum atomic E-state index is 12.8. The molecule has 0 atom stereocenters. The summed E-state index contributed by atoms with van der Waals surface area (Å²) in [5.74, 6) is -0.0707. The molecule has 0 bridgehead atoms. The number of carbonyl (C=O) groups is 2. The van der Waals surface area contributed by atoms with Gasteiger partial charge in [-0.3, -0.25) is 9.59 Å². The van der Waals surface area contributed by atoms with Gasteiger partial charge in [0.05, 0.1) is 31.6 Å². The molecule has 0 aromatic heterocycles. The fourth-order valence-corrected chi connectivity index (χ4v) is 5.91. The summed E-state index contributed by atoms with van der Waals surface area (Å²) in [5.41, 5.74) is 0.399. The number of likely N-dealkylation sites (tertiary alicyclic amines) is 1. The Balaban J connectivity index is 1.33. The summed E-state index contributed by atoms with van der Waals surface area (Å²) in [6.07, 6.45) is 5.65. The Labute approximate surface area is 172 Å². The van der Waals surface area contributed by atoms with Crippen molar-refractivity contribution in [1.82, 2.24) is 9.21 Å². The molecule has 0 unspecified atom stereocenters. The highest BCUT2D eigenvalue weighted by Gasteiger charge is 2.53. The van der Waals surface area contributed by atoms with Crippen LogP contribution in [0, 0.1) is 5.41 Å². The third kappa shape index (κ3) is 4.15. The van der Waals surface area contributed by atoms with Crippen LogP contribution in [0.4, 0.5) is 0 Å². The molecule has 0 radical (unpaired) electrons. The molecule has 3 fully saturated rings. The maximum absolute atomic E-state index is 12.8.